The summed E-state index contributed by atoms with van der Waals surface area (Å²) in [5, 5.41) is 7.80. The van der Waals surface area contributed by atoms with Crippen molar-refractivity contribution >= 4 is 27.3 Å². The molecule has 2 heterocycles. The van der Waals surface area contributed by atoms with Gasteiger partial charge in [-0.1, -0.05) is 0 Å². The van der Waals surface area contributed by atoms with Gasteiger partial charge in [-0.15, -0.1) is 11.3 Å². The zero-order valence-corrected chi connectivity index (χ0v) is 13.7. The third kappa shape index (κ3) is 3.42. The largest absolute Gasteiger partial charge is 0.308 e. The van der Waals surface area contributed by atoms with Crippen molar-refractivity contribution in [3.63, 3.8) is 0 Å². The Bertz CT molecular complexity index is 508. The van der Waals surface area contributed by atoms with Crippen LogP contribution in [0.5, 0.6) is 0 Å². The first-order chi connectivity index (χ1) is 9.13. The van der Waals surface area contributed by atoms with Gasteiger partial charge in [-0.3, -0.25) is 9.67 Å². The molecule has 1 unspecified atom stereocenters. The third-order valence-corrected chi connectivity index (χ3v) is 4.34. The van der Waals surface area contributed by atoms with Gasteiger partial charge in [-0.2, -0.15) is 5.10 Å². The molecule has 1 N–H and O–H groups in total. The van der Waals surface area contributed by atoms with Crippen molar-refractivity contribution in [2.45, 2.75) is 12.6 Å². The monoisotopic (exact) mass is 343 g/mol. The first-order valence-corrected chi connectivity index (χ1v) is 7.72. The normalized spacial score (nSPS) is 13.1. The molecule has 2 aromatic rings. The highest BCUT2D eigenvalue weighted by atomic mass is 79.9. The zero-order chi connectivity index (χ0) is 13.8. The maximum atomic E-state index is 4.45. The Morgan fingerprint density at radius 3 is 2.84 bits per heavy atom. The fraction of sp³-hybridized carbons (Fsp3) is 0.500. The number of hydrogen-bond donors (Lipinski definition) is 1. The first kappa shape index (κ1) is 14.6. The van der Waals surface area contributed by atoms with E-state index in [2.05, 4.69) is 50.3 Å². The Labute approximate surface area is 125 Å². The molecule has 0 aromatic carbocycles. The van der Waals surface area contributed by atoms with Crippen molar-refractivity contribution < 1.29 is 0 Å². The Morgan fingerprint density at radius 1 is 1.47 bits per heavy atom. The average molecular weight is 344 g/mol. The number of hydrogen-bond acceptors (Lipinski definition) is 5. The molecule has 0 bridgehead atoms. The highest BCUT2D eigenvalue weighted by Crippen LogP contribution is 2.30. The highest BCUT2D eigenvalue weighted by molar-refractivity contribution is 9.10. The molecule has 0 radical (unpaired) electrons. The summed E-state index contributed by atoms with van der Waals surface area (Å²) < 4.78 is 3.07. The predicted octanol–water partition coefficient (Wildman–Crippen LogP) is 1.97. The van der Waals surface area contributed by atoms with Gasteiger partial charge in [0.15, 0.2) is 0 Å². The number of aromatic nitrogens is 3. The summed E-state index contributed by atoms with van der Waals surface area (Å²) in [5.74, 6) is 0. The molecule has 0 saturated heterocycles. The first-order valence-electron chi connectivity index (χ1n) is 6.05. The summed E-state index contributed by atoms with van der Waals surface area (Å²) >= 11 is 5.25. The lowest BCUT2D eigenvalue weighted by Gasteiger charge is -2.18. The number of thiazole rings is 1. The molecular formula is C12H18BrN5S. The van der Waals surface area contributed by atoms with Gasteiger partial charge < -0.3 is 10.2 Å². The van der Waals surface area contributed by atoms with E-state index in [0.29, 0.717) is 0 Å². The molecule has 0 saturated carbocycles. The van der Waals surface area contributed by atoms with Gasteiger partial charge in [0.1, 0.15) is 0 Å². The Morgan fingerprint density at radius 2 is 2.26 bits per heavy atom. The van der Waals surface area contributed by atoms with E-state index in [1.165, 1.54) is 4.88 Å². The summed E-state index contributed by atoms with van der Waals surface area (Å²) in [6.45, 7) is 1.82. The third-order valence-electron chi connectivity index (χ3n) is 2.89. The van der Waals surface area contributed by atoms with E-state index in [1.807, 2.05) is 29.6 Å². The minimum absolute atomic E-state index is 0.117. The molecule has 0 aliphatic heterocycles. The van der Waals surface area contributed by atoms with Crippen LogP contribution in [0.1, 0.15) is 16.6 Å². The molecule has 2 aromatic heterocycles. The Balaban J connectivity index is 2.29. The molecular weight excluding hydrogens is 326 g/mol. The SMILES string of the molecule is CNC(c1cncs1)c1c(Br)cnn1CCN(C)C. The van der Waals surface area contributed by atoms with E-state index in [0.717, 1.165) is 23.3 Å². The smallest absolute Gasteiger partial charge is 0.0867 e. The van der Waals surface area contributed by atoms with Gasteiger partial charge in [-0.05, 0) is 37.1 Å². The second-order valence-electron chi connectivity index (χ2n) is 4.53. The lowest BCUT2D eigenvalue weighted by atomic mass is 10.2. The van der Waals surface area contributed by atoms with E-state index in [-0.39, 0.29) is 6.04 Å². The number of halogens is 1. The van der Waals surface area contributed by atoms with Crippen LogP contribution in [0.25, 0.3) is 0 Å². The molecule has 19 heavy (non-hydrogen) atoms. The second-order valence-corrected chi connectivity index (χ2v) is 6.30. The van der Waals surface area contributed by atoms with E-state index in [9.17, 15) is 0 Å². The van der Waals surface area contributed by atoms with Gasteiger partial charge in [0.2, 0.25) is 0 Å². The molecule has 1 atom stereocenters. The standard InChI is InChI=1S/C12H18BrN5S/c1-14-11(10-7-15-8-19-10)12-9(13)6-16-18(12)5-4-17(2)3/h6-8,11,14H,4-5H2,1-3H3. The lowest BCUT2D eigenvalue weighted by Crippen LogP contribution is -2.25. The Hall–Kier alpha value is -0.760. The van der Waals surface area contributed by atoms with Gasteiger partial charge in [0.25, 0.3) is 0 Å². The predicted molar refractivity (Wildman–Crippen MR) is 81.5 cm³/mol. The minimum Gasteiger partial charge on any atom is -0.308 e. The minimum atomic E-state index is 0.117. The molecule has 5 nitrogen and oxygen atoms in total. The van der Waals surface area contributed by atoms with Gasteiger partial charge >= 0.3 is 0 Å². The topological polar surface area (TPSA) is 46.0 Å². The van der Waals surface area contributed by atoms with Crippen LogP contribution in [0.2, 0.25) is 0 Å². The van der Waals surface area contributed by atoms with E-state index >= 15 is 0 Å². The molecule has 104 valence electrons. The zero-order valence-electron chi connectivity index (χ0n) is 11.3. The van der Waals surface area contributed by atoms with E-state index in [1.54, 1.807) is 11.3 Å². The molecule has 0 amide bonds. The van der Waals surface area contributed by atoms with Crippen LogP contribution >= 0.6 is 27.3 Å². The van der Waals surface area contributed by atoms with Crippen LogP contribution in [0.15, 0.2) is 22.4 Å². The summed E-state index contributed by atoms with van der Waals surface area (Å²) in [4.78, 5) is 7.50. The lowest BCUT2D eigenvalue weighted by molar-refractivity contribution is 0.366. The van der Waals surface area contributed by atoms with Crippen LogP contribution in [0, 0.1) is 0 Å². The Kier molecular flexibility index (Phi) is 5.09. The van der Waals surface area contributed by atoms with Crippen molar-refractivity contribution in [1.29, 1.82) is 0 Å². The van der Waals surface area contributed by atoms with E-state index in [4.69, 9.17) is 0 Å². The number of nitrogens with one attached hydrogen (secondary N) is 1. The van der Waals surface area contributed by atoms with Gasteiger partial charge in [0.05, 0.1) is 34.5 Å². The second kappa shape index (κ2) is 6.60. The van der Waals surface area contributed by atoms with Crippen molar-refractivity contribution in [3.05, 3.63) is 32.9 Å². The summed E-state index contributed by atoms with van der Waals surface area (Å²) in [6.07, 6.45) is 3.76. The maximum Gasteiger partial charge on any atom is 0.0867 e. The fourth-order valence-corrected chi connectivity index (χ4v) is 3.17. The number of rotatable bonds is 6. The number of nitrogens with zero attached hydrogens (tertiary/aromatic N) is 4. The molecule has 0 aliphatic rings. The molecule has 0 aliphatic carbocycles. The van der Waals surface area contributed by atoms with Crippen LogP contribution in [-0.4, -0.2) is 47.4 Å². The van der Waals surface area contributed by atoms with Crippen LogP contribution in [-0.2, 0) is 6.54 Å². The van der Waals surface area contributed by atoms with Crippen molar-refractivity contribution in [2.24, 2.45) is 0 Å². The van der Waals surface area contributed by atoms with Crippen LogP contribution in [0.4, 0.5) is 0 Å². The number of likely N-dealkylation sites (N-methyl/N-ethyl adjacent to an activating group) is 1. The van der Waals surface area contributed by atoms with Crippen molar-refractivity contribution in [1.82, 2.24) is 25.0 Å². The molecule has 0 spiro atoms. The summed E-state index contributed by atoms with van der Waals surface area (Å²) in [6, 6.07) is 0.117. The van der Waals surface area contributed by atoms with Gasteiger partial charge in [0, 0.05) is 17.6 Å². The quantitative estimate of drug-likeness (QED) is 0.870. The van der Waals surface area contributed by atoms with E-state index < -0.39 is 0 Å². The summed E-state index contributed by atoms with van der Waals surface area (Å²) in [7, 11) is 6.09. The highest BCUT2D eigenvalue weighted by Gasteiger charge is 2.21. The fourth-order valence-electron chi connectivity index (χ4n) is 1.91. The van der Waals surface area contributed by atoms with Crippen molar-refractivity contribution in [2.75, 3.05) is 27.7 Å². The molecule has 2 rings (SSSR count). The van der Waals surface area contributed by atoms with Crippen LogP contribution < -0.4 is 5.32 Å². The molecule has 7 heteroatoms. The molecule has 0 fully saturated rings. The maximum absolute atomic E-state index is 4.45. The summed E-state index contributed by atoms with van der Waals surface area (Å²) in [5.41, 5.74) is 3.00. The van der Waals surface area contributed by atoms with Gasteiger partial charge in [-0.25, -0.2) is 0 Å². The average Bonchev–Trinajstić information content (AvgIpc) is 3.00. The van der Waals surface area contributed by atoms with Crippen LogP contribution in [0.3, 0.4) is 0 Å². The van der Waals surface area contributed by atoms with Crippen molar-refractivity contribution in [3.8, 4) is 0 Å².